The molecule has 0 amide bonds. The molecular formula is C84H57B3N6O3. The van der Waals surface area contributed by atoms with Gasteiger partial charge in [-0.3, -0.25) is 0 Å². The lowest BCUT2D eigenvalue weighted by atomic mass is 9.41. The van der Waals surface area contributed by atoms with Crippen LogP contribution in [0.3, 0.4) is 0 Å². The quantitative estimate of drug-likeness (QED) is 0.113. The van der Waals surface area contributed by atoms with Crippen LogP contribution >= 0.6 is 0 Å². The fourth-order valence-corrected chi connectivity index (χ4v) is 16.1. The van der Waals surface area contributed by atoms with Gasteiger partial charge in [0.25, 0.3) is 0 Å². The molecule has 0 atom stereocenters. The minimum Gasteiger partial charge on any atom is -0.647 e. The standard InChI is InChI=1S/C84H57B3N6O3/c1-7-22-64(23-8-1)85(65-24-9-2-10-25-65)91-55-19-34-73-70(49-52-76(94-85)79(73)91)58-37-43-61(44-38-58)82-88-83(62-45-39-59(40-46-62)71-50-53-77-80-74(71)35-20-56-92(80)86(95-77,66-26-11-3-12-27-66)67-28-13-4-14-29-67)90-84(89-82)63-47-41-60(42-48-63)72-51-54-78-81-75(72)36-21-57-93(81)87(96-78,68-30-15-5-16-31-68)69-32-17-6-18-33-69/h1-57H. The Bertz CT molecular complexity index is 5030. The third-order valence-corrected chi connectivity index (χ3v) is 20.4. The highest BCUT2D eigenvalue weighted by Gasteiger charge is 2.53. The summed E-state index contributed by atoms with van der Waals surface area (Å²) < 4.78 is 28.7. The van der Waals surface area contributed by atoms with Crippen LogP contribution < -0.4 is 60.2 Å². The van der Waals surface area contributed by atoms with Gasteiger partial charge in [0.2, 0.25) is 16.6 Å². The first kappa shape index (κ1) is 55.1. The summed E-state index contributed by atoms with van der Waals surface area (Å²) in [5.74, 6) is 4.25. The van der Waals surface area contributed by atoms with E-state index in [1.165, 1.54) is 0 Å². The number of pyridine rings is 3. The minimum atomic E-state index is -1.83. The molecule has 0 N–H and O–H groups in total. The summed E-state index contributed by atoms with van der Waals surface area (Å²) in [5.41, 5.74) is 18.9. The molecule has 9 nitrogen and oxygen atoms in total. The van der Waals surface area contributed by atoms with Gasteiger partial charge in [0.15, 0.2) is 17.5 Å². The van der Waals surface area contributed by atoms with Crippen molar-refractivity contribution in [1.82, 2.24) is 15.0 Å². The fraction of sp³-hybridized carbons (Fsp3) is 0. The van der Waals surface area contributed by atoms with Crippen LogP contribution in [0.15, 0.2) is 346 Å². The lowest BCUT2D eigenvalue weighted by molar-refractivity contribution is -0.515. The maximum Gasteiger partial charge on any atom is 0.513 e. The minimum absolute atomic E-state index is 0.565. The van der Waals surface area contributed by atoms with Crippen LogP contribution in [-0.4, -0.2) is 34.4 Å². The lowest BCUT2D eigenvalue weighted by Crippen LogP contribution is -2.80. The number of hydrogen-bond acceptors (Lipinski definition) is 6. The maximum atomic E-state index is 7.22. The highest BCUT2D eigenvalue weighted by molar-refractivity contribution is 6.93. The molecule has 450 valence electrons. The third kappa shape index (κ3) is 8.34. The first-order valence-corrected chi connectivity index (χ1v) is 32.9. The van der Waals surface area contributed by atoms with E-state index >= 15 is 0 Å². The fourth-order valence-electron chi connectivity index (χ4n) is 16.1. The monoisotopic (exact) mass is 1230 g/mol. The smallest absolute Gasteiger partial charge is 0.513 e. The van der Waals surface area contributed by atoms with Crippen molar-refractivity contribution in [3.63, 3.8) is 0 Å². The van der Waals surface area contributed by atoms with Crippen molar-refractivity contribution in [3.05, 3.63) is 346 Å². The normalized spacial score (nSPS) is 14.1. The first-order chi connectivity index (χ1) is 47.5. The molecule has 0 saturated carbocycles. The summed E-state index contributed by atoms with van der Waals surface area (Å²) in [7, 11) is 0. The number of aromatic nitrogens is 6. The zero-order chi connectivity index (χ0) is 63.4. The summed E-state index contributed by atoms with van der Waals surface area (Å²) in [5, 5.41) is 3.31. The van der Waals surface area contributed by atoms with Crippen LogP contribution in [0.4, 0.5) is 0 Å². The van der Waals surface area contributed by atoms with Crippen molar-refractivity contribution in [2.24, 2.45) is 0 Å². The topological polar surface area (TPSA) is 78.0 Å². The van der Waals surface area contributed by atoms with E-state index in [0.29, 0.717) is 17.5 Å². The Kier molecular flexibility index (Phi) is 12.5. The molecule has 0 unspecified atom stereocenters. The molecule has 12 aromatic carbocycles. The summed E-state index contributed by atoms with van der Waals surface area (Å²) in [6.45, 7) is -5.48. The predicted molar refractivity (Wildman–Crippen MR) is 387 cm³/mol. The van der Waals surface area contributed by atoms with Gasteiger partial charge >= 0.3 is 19.5 Å². The highest BCUT2D eigenvalue weighted by atomic mass is 16.5. The molecule has 12 heteroatoms. The van der Waals surface area contributed by atoms with Crippen molar-refractivity contribution >= 4 is 84.9 Å². The maximum absolute atomic E-state index is 7.22. The van der Waals surface area contributed by atoms with E-state index in [1.54, 1.807) is 0 Å². The van der Waals surface area contributed by atoms with E-state index in [1.807, 2.05) is 0 Å². The van der Waals surface area contributed by atoms with Crippen LogP contribution in [0.2, 0.25) is 0 Å². The molecule has 0 spiro atoms. The Hall–Kier alpha value is -12.5. The molecule has 19 rings (SSSR count). The van der Waals surface area contributed by atoms with Crippen molar-refractivity contribution in [3.8, 4) is 84.8 Å². The zero-order valence-electron chi connectivity index (χ0n) is 52.0. The second kappa shape index (κ2) is 21.8. The zero-order valence-corrected chi connectivity index (χ0v) is 52.0. The molecule has 0 fully saturated rings. The molecule has 16 aromatic rings. The average Bonchev–Trinajstić information content (AvgIpc) is 1.55. The summed E-state index contributed by atoms with van der Waals surface area (Å²) in [4.78, 5) is 16.0. The molecule has 0 bridgehead atoms. The second-order valence-electron chi connectivity index (χ2n) is 25.5. The first-order valence-electron chi connectivity index (χ1n) is 32.9. The van der Waals surface area contributed by atoms with Gasteiger partial charge in [-0.25, -0.2) is 15.0 Å². The SMILES string of the molecule is c1ccc([B-]2(c3ccccc3)Oc3ccc(-c4ccc(-c5nc(-c6ccc(-c7ccc8c9c7ccc[n+]9[B-](c7ccccc7)(c7ccccc7)O8)cc6)nc(-c6ccc(-c7ccc8c9c7ccc[n+]9[B-](c7ccccc7)(c7ccccc7)O8)cc6)n5)cc4)c4ccc[n+]2c34)cc1. The van der Waals surface area contributed by atoms with E-state index in [2.05, 4.69) is 360 Å². The van der Waals surface area contributed by atoms with E-state index < -0.39 is 19.5 Å². The second-order valence-corrected chi connectivity index (χ2v) is 25.5. The van der Waals surface area contributed by atoms with Crippen molar-refractivity contribution in [1.29, 1.82) is 0 Å². The largest absolute Gasteiger partial charge is 0.647 e. The average molecular weight is 1230 g/mol. The molecule has 0 radical (unpaired) electrons. The van der Waals surface area contributed by atoms with E-state index in [9.17, 15) is 0 Å². The Morgan fingerprint density at radius 3 is 0.656 bits per heavy atom. The highest BCUT2D eigenvalue weighted by Crippen LogP contribution is 2.42. The molecule has 96 heavy (non-hydrogen) atoms. The van der Waals surface area contributed by atoms with Crippen molar-refractivity contribution in [2.45, 2.75) is 0 Å². The van der Waals surface area contributed by atoms with Gasteiger partial charge in [-0.05, 0) is 106 Å². The Labute approximate surface area is 555 Å². The van der Waals surface area contributed by atoms with Crippen LogP contribution in [0.25, 0.3) is 100 Å². The van der Waals surface area contributed by atoms with Gasteiger partial charge in [-0.15, -0.1) is 0 Å². The van der Waals surface area contributed by atoms with Gasteiger partial charge in [0.05, 0.1) is 16.2 Å². The molecule has 4 aromatic heterocycles. The summed E-state index contributed by atoms with van der Waals surface area (Å²) in [6, 6.07) is 115. The third-order valence-electron chi connectivity index (χ3n) is 20.4. The molecular weight excluding hydrogens is 1170 g/mol. The predicted octanol–water partition coefficient (Wildman–Crippen LogP) is 12.7. The van der Waals surface area contributed by atoms with Gasteiger partial charge in [-0.1, -0.05) is 288 Å². The van der Waals surface area contributed by atoms with Crippen LogP contribution in [0, 0.1) is 0 Å². The number of hydrogen-bond donors (Lipinski definition) is 0. The number of rotatable bonds is 12. The van der Waals surface area contributed by atoms with Crippen LogP contribution in [0.1, 0.15) is 0 Å². The summed E-state index contributed by atoms with van der Waals surface area (Å²) in [6.07, 6.45) is 6.49. The van der Waals surface area contributed by atoms with E-state index in [4.69, 9.17) is 28.9 Å². The van der Waals surface area contributed by atoms with E-state index in [0.717, 1.165) is 133 Å². The van der Waals surface area contributed by atoms with Gasteiger partial charge in [0.1, 0.15) is 35.8 Å². The molecule has 0 aliphatic carbocycles. The molecule has 0 saturated heterocycles. The Morgan fingerprint density at radius 1 is 0.208 bits per heavy atom. The summed E-state index contributed by atoms with van der Waals surface area (Å²) >= 11 is 0. The Balaban J connectivity index is 0.708. The van der Waals surface area contributed by atoms with E-state index in [-0.39, 0.29) is 0 Å². The van der Waals surface area contributed by atoms with Crippen LogP contribution in [-0.2, 0) is 0 Å². The number of nitrogens with zero attached hydrogens (tertiary/aromatic N) is 6. The van der Waals surface area contributed by atoms with Gasteiger partial charge in [0, 0.05) is 16.7 Å². The van der Waals surface area contributed by atoms with Gasteiger partial charge < -0.3 is 27.4 Å². The van der Waals surface area contributed by atoms with Crippen molar-refractivity contribution in [2.75, 3.05) is 0 Å². The van der Waals surface area contributed by atoms with Crippen molar-refractivity contribution < 1.29 is 27.4 Å². The van der Waals surface area contributed by atoms with Crippen LogP contribution in [0.5, 0.6) is 17.2 Å². The number of benzene rings is 12. The molecule has 7 heterocycles. The molecule has 3 aliphatic rings. The Morgan fingerprint density at radius 2 is 0.427 bits per heavy atom. The molecule has 3 aliphatic heterocycles. The van der Waals surface area contributed by atoms with Gasteiger partial charge in [-0.2, -0.15) is 0 Å². The lowest BCUT2D eigenvalue weighted by Gasteiger charge is -2.31.